The summed E-state index contributed by atoms with van der Waals surface area (Å²) in [6.07, 6.45) is 11.4. The molecule has 1 saturated heterocycles. The Labute approximate surface area is 160 Å². The van der Waals surface area contributed by atoms with Crippen molar-refractivity contribution in [2.45, 2.75) is 57.5 Å². The monoisotopic (exact) mass is 367 g/mol. The van der Waals surface area contributed by atoms with E-state index in [9.17, 15) is 4.79 Å². The highest BCUT2D eigenvalue weighted by Crippen LogP contribution is 2.28. The summed E-state index contributed by atoms with van der Waals surface area (Å²) < 4.78 is 0. The number of piperidine rings is 1. The van der Waals surface area contributed by atoms with Crippen molar-refractivity contribution in [1.82, 2.24) is 25.2 Å². The summed E-state index contributed by atoms with van der Waals surface area (Å²) in [6, 6.07) is 4.03. The number of aromatic amines is 1. The predicted molar refractivity (Wildman–Crippen MR) is 104 cm³/mol. The second-order valence-corrected chi connectivity index (χ2v) is 7.98. The van der Waals surface area contributed by atoms with Gasteiger partial charge in [0.2, 0.25) is 5.91 Å². The number of hydrogen-bond donors (Lipinski definition) is 2. The first-order valence-corrected chi connectivity index (χ1v) is 10.2. The van der Waals surface area contributed by atoms with E-state index in [-0.39, 0.29) is 18.0 Å². The second kappa shape index (κ2) is 8.21. The van der Waals surface area contributed by atoms with Crippen LogP contribution in [0.1, 0.15) is 55.6 Å². The lowest BCUT2D eigenvalue weighted by Crippen LogP contribution is -2.51. The van der Waals surface area contributed by atoms with Crippen LogP contribution < -0.4 is 5.32 Å². The lowest BCUT2D eigenvalue weighted by atomic mass is 9.91. The summed E-state index contributed by atoms with van der Waals surface area (Å²) in [5.74, 6) is 0.911. The van der Waals surface area contributed by atoms with Gasteiger partial charge in [-0.25, -0.2) is 4.98 Å². The van der Waals surface area contributed by atoms with E-state index >= 15 is 0 Å². The smallest absolute Gasteiger partial charge is 0.240 e. The quantitative estimate of drug-likeness (QED) is 0.852. The highest BCUT2D eigenvalue weighted by atomic mass is 16.2. The third-order valence-corrected chi connectivity index (χ3v) is 5.96. The Morgan fingerprint density at radius 3 is 2.96 bits per heavy atom. The Balaban J connectivity index is 1.52. The molecule has 6 heteroatoms. The molecule has 27 heavy (non-hydrogen) atoms. The maximum atomic E-state index is 13.3. The van der Waals surface area contributed by atoms with Crippen molar-refractivity contribution in [3.8, 4) is 0 Å². The first-order chi connectivity index (χ1) is 13.2. The Morgan fingerprint density at radius 2 is 2.19 bits per heavy atom. The molecule has 4 rings (SSSR count). The Kier molecular flexibility index (Phi) is 5.53. The van der Waals surface area contributed by atoms with Gasteiger partial charge in [0.05, 0.1) is 29.8 Å². The molecule has 2 aromatic heterocycles. The molecule has 2 N–H and O–H groups in total. The largest absolute Gasteiger partial charge is 0.351 e. The maximum absolute atomic E-state index is 13.3. The molecule has 144 valence electrons. The molecule has 1 amide bonds. The Morgan fingerprint density at radius 1 is 1.33 bits per heavy atom. The zero-order valence-electron chi connectivity index (χ0n) is 16.0. The number of nitrogens with zero attached hydrogens (tertiary/aromatic N) is 3. The molecule has 0 spiro atoms. The van der Waals surface area contributed by atoms with Crippen LogP contribution in [0.5, 0.6) is 0 Å². The van der Waals surface area contributed by atoms with Crippen LogP contribution >= 0.6 is 0 Å². The summed E-state index contributed by atoms with van der Waals surface area (Å²) in [7, 11) is 0. The maximum Gasteiger partial charge on any atom is 0.240 e. The number of aryl methyl sites for hydroxylation is 1. The number of likely N-dealkylation sites (tertiary alicyclic amines) is 1. The molecule has 6 nitrogen and oxygen atoms in total. The fraction of sp³-hybridized carbons (Fsp3) is 0.571. The number of fused-ring (bicyclic) bond motifs is 1. The highest BCUT2D eigenvalue weighted by Gasteiger charge is 2.31. The summed E-state index contributed by atoms with van der Waals surface area (Å²) in [6.45, 7) is 3.99. The molecule has 2 atom stereocenters. The lowest BCUT2D eigenvalue weighted by molar-refractivity contribution is -0.135. The summed E-state index contributed by atoms with van der Waals surface area (Å²) in [5.41, 5.74) is 3.33. The number of aromatic nitrogens is 3. The van der Waals surface area contributed by atoms with Crippen LogP contribution in [0, 0.1) is 5.92 Å². The molecule has 3 heterocycles. The minimum absolute atomic E-state index is 0.131. The Bertz CT molecular complexity index is 752. The van der Waals surface area contributed by atoms with Gasteiger partial charge in [-0.05, 0) is 49.7 Å². The van der Waals surface area contributed by atoms with Crippen molar-refractivity contribution in [2.24, 2.45) is 5.92 Å². The molecule has 2 aromatic rings. The normalized spacial score (nSPS) is 21.7. The first-order valence-electron chi connectivity index (χ1n) is 10.2. The van der Waals surface area contributed by atoms with Crippen molar-refractivity contribution in [3.63, 3.8) is 0 Å². The third-order valence-electron chi connectivity index (χ3n) is 5.96. The minimum Gasteiger partial charge on any atom is -0.351 e. The average molecular weight is 367 g/mol. The average Bonchev–Trinajstić information content (AvgIpc) is 3.21. The van der Waals surface area contributed by atoms with Gasteiger partial charge >= 0.3 is 0 Å². The number of pyridine rings is 1. The third kappa shape index (κ3) is 4.21. The molecular weight excluding hydrogens is 338 g/mol. The second-order valence-electron chi connectivity index (χ2n) is 7.98. The van der Waals surface area contributed by atoms with Crippen molar-refractivity contribution in [3.05, 3.63) is 47.8 Å². The van der Waals surface area contributed by atoms with Gasteiger partial charge in [-0.3, -0.25) is 15.1 Å². The van der Waals surface area contributed by atoms with Gasteiger partial charge in [0, 0.05) is 31.9 Å². The number of imidazole rings is 1. The van der Waals surface area contributed by atoms with Gasteiger partial charge in [0.25, 0.3) is 0 Å². The molecule has 1 fully saturated rings. The number of amides is 1. The van der Waals surface area contributed by atoms with Gasteiger partial charge in [0.1, 0.15) is 0 Å². The topological polar surface area (TPSA) is 73.9 Å². The van der Waals surface area contributed by atoms with Crippen molar-refractivity contribution < 1.29 is 4.79 Å². The van der Waals surface area contributed by atoms with E-state index in [1.165, 1.54) is 5.56 Å². The zero-order chi connectivity index (χ0) is 18.6. The SMILES string of the molecule is CC1CCN(C(=O)C(Cc2c[nH]cn2)NC2CCCc3cccnc32)CC1. The van der Waals surface area contributed by atoms with Crippen LogP contribution in [0.3, 0.4) is 0 Å². The molecule has 2 unspecified atom stereocenters. The van der Waals surface area contributed by atoms with E-state index < -0.39 is 0 Å². The lowest BCUT2D eigenvalue weighted by Gasteiger charge is -2.35. The molecule has 1 aliphatic carbocycles. The molecule has 0 saturated carbocycles. The summed E-state index contributed by atoms with van der Waals surface area (Å²) >= 11 is 0. The number of nitrogens with one attached hydrogen (secondary N) is 2. The van der Waals surface area contributed by atoms with E-state index in [1.807, 2.05) is 23.4 Å². The van der Waals surface area contributed by atoms with Crippen LogP contribution in [0.15, 0.2) is 30.9 Å². The standard InChI is InChI=1S/C21H29N5O/c1-15-7-10-26(11-8-15)21(27)19(12-17-13-22-14-24-17)25-18-6-2-4-16-5-3-9-23-20(16)18/h3,5,9,13-15,18-19,25H,2,4,6-8,10-12H2,1H3,(H,22,24). The van der Waals surface area contributed by atoms with Crippen LogP contribution in [0.4, 0.5) is 0 Å². The first kappa shape index (κ1) is 18.2. The van der Waals surface area contributed by atoms with Gasteiger partial charge in [-0.1, -0.05) is 13.0 Å². The number of carbonyl (C=O) groups excluding carboxylic acids is 1. The highest BCUT2D eigenvalue weighted by molar-refractivity contribution is 5.82. The van der Waals surface area contributed by atoms with Crippen molar-refractivity contribution >= 4 is 5.91 Å². The molecular formula is C21H29N5O. The van der Waals surface area contributed by atoms with Gasteiger partial charge < -0.3 is 9.88 Å². The van der Waals surface area contributed by atoms with Gasteiger partial charge in [-0.15, -0.1) is 0 Å². The zero-order valence-corrected chi connectivity index (χ0v) is 16.0. The molecule has 0 aromatic carbocycles. The fourth-order valence-electron chi connectivity index (χ4n) is 4.29. The van der Waals surface area contributed by atoms with E-state index in [0.29, 0.717) is 12.3 Å². The van der Waals surface area contributed by atoms with Crippen LogP contribution in [-0.2, 0) is 17.6 Å². The van der Waals surface area contributed by atoms with Crippen LogP contribution in [0.25, 0.3) is 0 Å². The van der Waals surface area contributed by atoms with Gasteiger partial charge in [0.15, 0.2) is 0 Å². The summed E-state index contributed by atoms with van der Waals surface area (Å²) in [4.78, 5) is 27.3. The minimum atomic E-state index is -0.264. The Hall–Kier alpha value is -2.21. The number of H-pyrrole nitrogens is 1. The van der Waals surface area contributed by atoms with Crippen molar-refractivity contribution in [1.29, 1.82) is 0 Å². The van der Waals surface area contributed by atoms with Crippen molar-refractivity contribution in [2.75, 3.05) is 13.1 Å². The van der Waals surface area contributed by atoms with E-state index in [0.717, 1.165) is 56.6 Å². The molecule has 0 bridgehead atoms. The summed E-state index contributed by atoms with van der Waals surface area (Å²) in [5, 5.41) is 3.65. The number of carbonyl (C=O) groups is 1. The van der Waals surface area contributed by atoms with Crippen LogP contribution in [-0.4, -0.2) is 44.9 Å². The van der Waals surface area contributed by atoms with E-state index in [1.54, 1.807) is 6.33 Å². The molecule has 1 aliphatic heterocycles. The van der Waals surface area contributed by atoms with E-state index in [2.05, 4.69) is 33.3 Å². The number of hydrogen-bond acceptors (Lipinski definition) is 4. The molecule has 0 radical (unpaired) electrons. The predicted octanol–water partition coefficient (Wildman–Crippen LogP) is 2.64. The van der Waals surface area contributed by atoms with Crippen LogP contribution in [0.2, 0.25) is 0 Å². The van der Waals surface area contributed by atoms with Gasteiger partial charge in [-0.2, -0.15) is 0 Å². The van der Waals surface area contributed by atoms with E-state index in [4.69, 9.17) is 0 Å². The number of rotatable bonds is 5. The molecule has 2 aliphatic rings. The fourth-order valence-corrected chi connectivity index (χ4v) is 4.29.